The molecule has 0 saturated heterocycles. The Hall–Kier alpha value is -1.36. The fourth-order valence-electron chi connectivity index (χ4n) is 3.20. The van der Waals surface area contributed by atoms with Crippen molar-refractivity contribution in [3.63, 3.8) is 0 Å². The number of rotatable bonds is 4. The van der Waals surface area contributed by atoms with Gasteiger partial charge >= 0.3 is 0 Å². The predicted molar refractivity (Wildman–Crippen MR) is 104 cm³/mol. The van der Waals surface area contributed by atoms with Gasteiger partial charge in [-0.2, -0.15) is 0 Å². The summed E-state index contributed by atoms with van der Waals surface area (Å²) in [6, 6.07) is 9.54. The van der Waals surface area contributed by atoms with E-state index in [1.165, 1.54) is 28.8 Å². The maximum absolute atomic E-state index is 12.6. The van der Waals surface area contributed by atoms with Gasteiger partial charge in [0.15, 0.2) is 0 Å². The zero-order valence-corrected chi connectivity index (χ0v) is 15.8. The number of thiophene rings is 1. The highest BCUT2D eigenvalue weighted by Crippen LogP contribution is 2.37. The molecule has 0 radical (unpaired) electrons. The molecule has 1 heterocycles. The van der Waals surface area contributed by atoms with E-state index in [1.807, 2.05) is 37.3 Å². The molecule has 3 N–H and O–H groups in total. The van der Waals surface area contributed by atoms with E-state index in [0.29, 0.717) is 0 Å². The highest BCUT2D eigenvalue weighted by Gasteiger charge is 2.25. The number of anilines is 1. The normalized spacial score (nSPS) is 15.8. The molecule has 3 nitrogen and oxygen atoms in total. The van der Waals surface area contributed by atoms with E-state index in [0.717, 1.165) is 23.4 Å². The summed E-state index contributed by atoms with van der Waals surface area (Å²) in [4.78, 5) is 14.1. The molecule has 1 aromatic carbocycles. The topological polar surface area (TPSA) is 55.1 Å². The zero-order valence-electron chi connectivity index (χ0n) is 14.2. The van der Waals surface area contributed by atoms with Crippen LogP contribution in [0, 0.1) is 12.8 Å². The van der Waals surface area contributed by atoms with Crippen molar-refractivity contribution in [3.05, 3.63) is 51.9 Å². The molecule has 130 valence electrons. The van der Waals surface area contributed by atoms with Gasteiger partial charge in [-0.15, -0.1) is 23.7 Å². The molecule has 0 fully saturated rings. The highest BCUT2D eigenvalue weighted by molar-refractivity contribution is 7.16. The minimum atomic E-state index is -0.286. The first-order valence-corrected chi connectivity index (χ1v) is 9.12. The molecule has 2 aromatic rings. The largest absolute Gasteiger partial charge is 0.323 e. The Balaban J connectivity index is 0.00000208. The van der Waals surface area contributed by atoms with Gasteiger partial charge in [-0.1, -0.05) is 37.3 Å². The van der Waals surface area contributed by atoms with Gasteiger partial charge in [-0.3, -0.25) is 4.79 Å². The quantitative estimate of drug-likeness (QED) is 0.830. The molecule has 1 aliphatic carbocycles. The molecule has 0 spiro atoms. The summed E-state index contributed by atoms with van der Waals surface area (Å²) in [7, 11) is 0. The molecule has 2 atom stereocenters. The van der Waals surface area contributed by atoms with Crippen molar-refractivity contribution in [2.75, 3.05) is 5.32 Å². The van der Waals surface area contributed by atoms with Crippen LogP contribution in [-0.4, -0.2) is 5.91 Å². The van der Waals surface area contributed by atoms with Crippen molar-refractivity contribution in [2.24, 2.45) is 11.7 Å². The Morgan fingerprint density at radius 2 is 1.88 bits per heavy atom. The van der Waals surface area contributed by atoms with Crippen LogP contribution >= 0.6 is 23.7 Å². The molecular weight excluding hydrogens is 340 g/mol. The summed E-state index contributed by atoms with van der Waals surface area (Å²) in [5, 5.41) is 4.13. The number of fused-ring (bicyclic) bond motifs is 1. The third-order valence-electron chi connectivity index (χ3n) is 4.81. The monoisotopic (exact) mass is 364 g/mol. The van der Waals surface area contributed by atoms with Crippen LogP contribution in [-0.2, 0) is 17.6 Å². The number of aryl methyl sites for hydroxylation is 1. The van der Waals surface area contributed by atoms with Gasteiger partial charge in [0.25, 0.3) is 0 Å². The molecule has 0 bridgehead atoms. The van der Waals surface area contributed by atoms with Gasteiger partial charge in [0.1, 0.15) is 0 Å². The van der Waals surface area contributed by atoms with Crippen LogP contribution in [0.4, 0.5) is 5.00 Å². The van der Waals surface area contributed by atoms with Gasteiger partial charge in [0, 0.05) is 10.9 Å². The van der Waals surface area contributed by atoms with Crippen molar-refractivity contribution < 1.29 is 4.79 Å². The number of nitrogens with one attached hydrogen (secondary N) is 1. The molecule has 1 aliphatic rings. The van der Waals surface area contributed by atoms with E-state index in [2.05, 4.69) is 12.2 Å². The van der Waals surface area contributed by atoms with Crippen LogP contribution in [0.3, 0.4) is 0 Å². The number of benzene rings is 1. The fraction of sp³-hybridized carbons (Fsp3) is 0.421. The first-order chi connectivity index (χ1) is 11.1. The second-order valence-corrected chi connectivity index (χ2v) is 7.48. The Labute approximate surface area is 154 Å². The van der Waals surface area contributed by atoms with Crippen LogP contribution < -0.4 is 11.1 Å². The van der Waals surface area contributed by atoms with E-state index in [9.17, 15) is 4.79 Å². The van der Waals surface area contributed by atoms with E-state index in [4.69, 9.17) is 5.73 Å². The average molecular weight is 365 g/mol. The first kappa shape index (κ1) is 19.0. The SMILES string of the molecule is Cc1c(NC(=O)C(C)C(N)c2ccccc2)sc2c1CCCC2.Cl. The van der Waals surface area contributed by atoms with Gasteiger partial charge in [-0.05, 0) is 49.3 Å². The van der Waals surface area contributed by atoms with Crippen LogP contribution in [0.1, 0.15) is 47.4 Å². The van der Waals surface area contributed by atoms with Crippen molar-refractivity contribution in [1.82, 2.24) is 0 Å². The van der Waals surface area contributed by atoms with Crippen LogP contribution in [0.25, 0.3) is 0 Å². The summed E-state index contributed by atoms with van der Waals surface area (Å²) >= 11 is 1.74. The molecule has 3 rings (SSSR count). The second-order valence-electron chi connectivity index (χ2n) is 6.38. The second kappa shape index (κ2) is 8.15. The van der Waals surface area contributed by atoms with Gasteiger partial charge in [0.2, 0.25) is 5.91 Å². The molecule has 1 amide bonds. The summed E-state index contributed by atoms with van der Waals surface area (Å²) in [6.45, 7) is 4.02. The fourth-order valence-corrected chi connectivity index (χ4v) is 4.49. The molecule has 5 heteroatoms. The Bertz CT molecular complexity index is 699. The van der Waals surface area contributed by atoms with E-state index >= 15 is 0 Å². The van der Waals surface area contributed by atoms with Crippen molar-refractivity contribution in [3.8, 4) is 0 Å². The minimum absolute atomic E-state index is 0. The summed E-state index contributed by atoms with van der Waals surface area (Å²) in [5.74, 6) is -0.265. The summed E-state index contributed by atoms with van der Waals surface area (Å²) in [5.41, 5.74) is 9.97. The van der Waals surface area contributed by atoms with Crippen LogP contribution in [0.5, 0.6) is 0 Å². The Morgan fingerprint density at radius 3 is 2.54 bits per heavy atom. The first-order valence-electron chi connectivity index (χ1n) is 8.30. The lowest BCUT2D eigenvalue weighted by molar-refractivity contribution is -0.120. The van der Waals surface area contributed by atoms with Crippen molar-refractivity contribution in [2.45, 2.75) is 45.6 Å². The average Bonchev–Trinajstić information content (AvgIpc) is 2.90. The summed E-state index contributed by atoms with van der Waals surface area (Å²) < 4.78 is 0. The number of carbonyl (C=O) groups is 1. The predicted octanol–water partition coefficient (Wildman–Crippen LogP) is 4.63. The lowest BCUT2D eigenvalue weighted by Crippen LogP contribution is -2.30. The van der Waals surface area contributed by atoms with E-state index in [1.54, 1.807) is 11.3 Å². The third kappa shape index (κ3) is 3.82. The molecule has 2 unspecified atom stereocenters. The lowest BCUT2D eigenvalue weighted by Gasteiger charge is -2.19. The molecular formula is C19H25ClN2OS. The maximum Gasteiger partial charge on any atom is 0.229 e. The van der Waals surface area contributed by atoms with Gasteiger partial charge < -0.3 is 11.1 Å². The number of amides is 1. The molecule has 0 aliphatic heterocycles. The maximum atomic E-state index is 12.6. The number of hydrogen-bond donors (Lipinski definition) is 2. The molecule has 0 saturated carbocycles. The standard InChI is InChI=1S/C19H24N2OS.ClH/c1-12-15-10-6-7-11-16(15)23-19(12)21-18(22)13(2)17(20)14-8-4-3-5-9-14;/h3-5,8-9,13,17H,6-7,10-11,20H2,1-2H3,(H,21,22);1H. The van der Waals surface area contributed by atoms with E-state index in [-0.39, 0.29) is 30.3 Å². The third-order valence-corrected chi connectivity index (χ3v) is 6.12. The number of halogens is 1. The Kier molecular flexibility index (Phi) is 6.44. The highest BCUT2D eigenvalue weighted by atomic mass is 35.5. The summed E-state index contributed by atoms with van der Waals surface area (Å²) in [6.07, 6.45) is 4.81. The Morgan fingerprint density at radius 1 is 1.21 bits per heavy atom. The van der Waals surface area contributed by atoms with E-state index < -0.39 is 0 Å². The molecule has 1 aromatic heterocycles. The van der Waals surface area contributed by atoms with Crippen molar-refractivity contribution >= 4 is 34.7 Å². The van der Waals surface area contributed by atoms with Gasteiger partial charge in [-0.25, -0.2) is 0 Å². The lowest BCUT2D eigenvalue weighted by atomic mass is 9.94. The van der Waals surface area contributed by atoms with Crippen LogP contribution in [0.15, 0.2) is 30.3 Å². The number of nitrogens with two attached hydrogens (primary N) is 1. The zero-order chi connectivity index (χ0) is 16.4. The number of carbonyl (C=O) groups excluding carboxylic acids is 1. The molecule has 24 heavy (non-hydrogen) atoms. The van der Waals surface area contributed by atoms with Crippen molar-refractivity contribution in [1.29, 1.82) is 0 Å². The number of hydrogen-bond acceptors (Lipinski definition) is 3. The smallest absolute Gasteiger partial charge is 0.229 e. The minimum Gasteiger partial charge on any atom is -0.323 e. The van der Waals surface area contributed by atoms with Gasteiger partial charge in [0.05, 0.1) is 10.9 Å². The van der Waals surface area contributed by atoms with Crippen LogP contribution in [0.2, 0.25) is 0 Å².